The zero-order chi connectivity index (χ0) is 43.8. The molecule has 4 heterocycles. The maximum Gasteiger partial charge on any atom is 0.293 e. The number of carbonyl (C=O) groups is 1. The molecule has 1 aliphatic carbocycles. The second-order valence-corrected chi connectivity index (χ2v) is 18.5. The van der Waals surface area contributed by atoms with E-state index < -0.39 is 0 Å². The van der Waals surface area contributed by atoms with Gasteiger partial charge >= 0.3 is 0 Å². The van der Waals surface area contributed by atoms with Crippen molar-refractivity contribution >= 4 is 63.1 Å². The summed E-state index contributed by atoms with van der Waals surface area (Å²) in [5, 5.41) is 17.1. The topological polar surface area (TPSA) is 132 Å². The molecule has 14 heteroatoms. The van der Waals surface area contributed by atoms with Gasteiger partial charge in [0.05, 0.1) is 16.7 Å². The smallest absolute Gasteiger partial charge is 0.293 e. The van der Waals surface area contributed by atoms with Crippen molar-refractivity contribution in [2.45, 2.75) is 64.7 Å². The Kier molecular flexibility index (Phi) is 14.8. The molecule has 62 heavy (non-hydrogen) atoms. The molecule has 1 amide bonds. The van der Waals surface area contributed by atoms with Crippen LogP contribution in [-0.4, -0.2) is 90.0 Å². The number of piperazine rings is 1. The van der Waals surface area contributed by atoms with E-state index in [2.05, 4.69) is 67.7 Å². The Morgan fingerprint density at radius 3 is 2.50 bits per heavy atom. The third-order valence-corrected chi connectivity index (χ3v) is 13.2. The van der Waals surface area contributed by atoms with Crippen molar-refractivity contribution in [2.24, 2.45) is 11.3 Å². The molecule has 0 unspecified atom stereocenters. The number of piperidine rings is 1. The summed E-state index contributed by atoms with van der Waals surface area (Å²) in [7, 11) is 2.12. The summed E-state index contributed by atoms with van der Waals surface area (Å²) < 4.78 is 9.35. The quantitative estimate of drug-likeness (QED) is 0.0597. The molecular weight excluding hydrogens is 820 g/mol. The summed E-state index contributed by atoms with van der Waals surface area (Å²) in [6.45, 7) is 15.9. The van der Waals surface area contributed by atoms with Gasteiger partial charge in [0.25, 0.3) is 11.6 Å². The van der Waals surface area contributed by atoms with Crippen LogP contribution in [0, 0.1) is 21.4 Å². The fourth-order valence-electron chi connectivity index (χ4n) is 8.54. The van der Waals surface area contributed by atoms with E-state index in [1.807, 2.05) is 56.4 Å². The Labute approximate surface area is 374 Å². The van der Waals surface area contributed by atoms with Gasteiger partial charge in [0, 0.05) is 78.6 Å². The van der Waals surface area contributed by atoms with Crippen LogP contribution in [0.4, 0.5) is 17.1 Å². The molecule has 2 aliphatic heterocycles. The van der Waals surface area contributed by atoms with Crippen LogP contribution in [-0.2, 0) is 0 Å². The van der Waals surface area contributed by atoms with Crippen molar-refractivity contribution in [3.63, 3.8) is 0 Å². The Balaban J connectivity index is 0.00000285. The number of fused-ring (bicyclic) bond motifs is 1. The maximum absolute atomic E-state index is 13.9. The summed E-state index contributed by atoms with van der Waals surface area (Å²) in [6, 6.07) is 22.8. The average Bonchev–Trinajstić information content (AvgIpc) is 3.75. The summed E-state index contributed by atoms with van der Waals surface area (Å²) in [4.78, 5) is 40.9. The van der Waals surface area contributed by atoms with Crippen molar-refractivity contribution in [1.82, 2.24) is 24.5 Å². The van der Waals surface area contributed by atoms with Crippen LogP contribution in [0.25, 0.3) is 16.6 Å². The number of allylic oxidation sites excluding steroid dienone is 1. The minimum Gasteiger partial charge on any atom is -0.455 e. The molecule has 2 saturated heterocycles. The SMILES string of the molecule is CC.CN1CCC(CNc2ccc(SNC(=O)c3ccc(N4CCN(CC5=C(c6ccc(Cl)cc6)CC(C)(C)CC5)CC4)cc3Oc3cnc4[nH]ccc4c3)cc2[N+](=O)[O-])CC1. The number of nitro benzene ring substituents is 1. The number of nitrogens with one attached hydrogen (secondary N) is 3. The summed E-state index contributed by atoms with van der Waals surface area (Å²) in [5.41, 5.74) is 7.01. The molecule has 3 N–H and O–H groups in total. The van der Waals surface area contributed by atoms with Gasteiger partial charge in [-0.2, -0.15) is 0 Å². The number of carbonyl (C=O) groups excluding carboxylic acids is 1. The van der Waals surface area contributed by atoms with Gasteiger partial charge in [-0.25, -0.2) is 4.98 Å². The lowest BCUT2D eigenvalue weighted by Gasteiger charge is -2.39. The maximum atomic E-state index is 13.9. The number of aromatic amines is 1. The molecule has 5 aromatic rings. The van der Waals surface area contributed by atoms with Crippen molar-refractivity contribution in [2.75, 3.05) is 69.6 Å². The molecule has 0 saturated carbocycles. The Hall–Kier alpha value is -5.08. The fraction of sp³-hybridized carbons (Fsp3) is 0.417. The molecule has 0 radical (unpaired) electrons. The van der Waals surface area contributed by atoms with E-state index in [-0.39, 0.29) is 21.9 Å². The number of H-pyrrole nitrogens is 1. The lowest BCUT2D eigenvalue weighted by Crippen LogP contribution is -2.47. The van der Waals surface area contributed by atoms with Crippen LogP contribution >= 0.6 is 23.5 Å². The van der Waals surface area contributed by atoms with Gasteiger partial charge < -0.3 is 24.8 Å². The summed E-state index contributed by atoms with van der Waals surface area (Å²) >= 11 is 7.29. The largest absolute Gasteiger partial charge is 0.455 e. The van der Waals surface area contributed by atoms with Crippen molar-refractivity contribution < 1.29 is 14.5 Å². The lowest BCUT2D eigenvalue weighted by atomic mass is 9.72. The highest BCUT2D eigenvalue weighted by Gasteiger charge is 2.30. The van der Waals surface area contributed by atoms with Crippen LogP contribution in [0.3, 0.4) is 0 Å². The number of hydrogen-bond acceptors (Lipinski definition) is 10. The highest BCUT2D eigenvalue weighted by atomic mass is 35.5. The van der Waals surface area contributed by atoms with E-state index in [0.29, 0.717) is 40.1 Å². The van der Waals surface area contributed by atoms with Crippen LogP contribution in [0.1, 0.15) is 75.7 Å². The molecule has 328 valence electrons. The third kappa shape index (κ3) is 11.3. The number of nitrogens with zero attached hydrogens (tertiary/aromatic N) is 5. The summed E-state index contributed by atoms with van der Waals surface area (Å²) in [6.07, 6.45) is 8.90. The molecule has 3 aliphatic rings. The first kappa shape index (κ1) is 45.0. The van der Waals surface area contributed by atoms with Gasteiger partial charge in [-0.3, -0.25) is 24.5 Å². The fourth-order valence-corrected chi connectivity index (χ4v) is 9.29. The molecule has 0 bridgehead atoms. The Morgan fingerprint density at radius 1 is 1.00 bits per heavy atom. The monoisotopic (exact) mass is 878 g/mol. The van der Waals surface area contributed by atoms with Gasteiger partial charge in [-0.15, -0.1) is 0 Å². The number of amides is 1. The van der Waals surface area contributed by atoms with Gasteiger partial charge in [-0.05, 0) is 135 Å². The van der Waals surface area contributed by atoms with Crippen LogP contribution in [0.2, 0.25) is 5.02 Å². The van der Waals surface area contributed by atoms with E-state index in [1.165, 1.54) is 29.2 Å². The van der Waals surface area contributed by atoms with Crippen LogP contribution < -0.4 is 19.7 Å². The zero-order valence-electron chi connectivity index (χ0n) is 36.5. The average molecular weight is 880 g/mol. The standard InChI is InChI=1S/C46H53ClN8O4S.C2H6/c1-46(2)16-12-34(40(27-46)32-4-6-35(47)7-5-32)30-53-20-22-54(23-21-53)36-8-10-39(43(25-36)59-37-24-33-13-17-48-44(33)50-29-37)45(56)51-60-38-9-11-41(42(26-38)55(57)58)49-28-31-14-18-52(3)19-15-31;1-2/h4-11,13,17,24-26,29,31,49H,12,14-16,18-23,27-28,30H2,1-3H3,(H,48,50)(H,51,56);1-2H3. The first-order valence-corrected chi connectivity index (χ1v) is 23.0. The number of benzene rings is 3. The number of ether oxygens (including phenoxy) is 1. The number of aromatic nitrogens is 2. The van der Waals surface area contributed by atoms with Gasteiger partial charge in [0.2, 0.25) is 0 Å². The predicted octanol–water partition coefficient (Wildman–Crippen LogP) is 10.9. The van der Waals surface area contributed by atoms with E-state index in [1.54, 1.807) is 24.4 Å². The second kappa shape index (κ2) is 20.4. The highest BCUT2D eigenvalue weighted by molar-refractivity contribution is 7.98. The first-order chi connectivity index (χ1) is 30.0. The van der Waals surface area contributed by atoms with Crippen molar-refractivity contribution in [3.8, 4) is 11.5 Å². The number of hydrogen-bond donors (Lipinski definition) is 3. The van der Waals surface area contributed by atoms with Crippen molar-refractivity contribution in [1.29, 1.82) is 0 Å². The molecule has 2 fully saturated rings. The molecule has 0 atom stereocenters. The van der Waals surface area contributed by atoms with Gasteiger partial charge in [0.1, 0.15) is 22.8 Å². The van der Waals surface area contributed by atoms with E-state index in [9.17, 15) is 14.9 Å². The van der Waals surface area contributed by atoms with E-state index in [0.717, 1.165) is 105 Å². The number of nitro groups is 1. The van der Waals surface area contributed by atoms with Gasteiger partial charge in [-0.1, -0.05) is 57.0 Å². The van der Waals surface area contributed by atoms with E-state index in [4.69, 9.17) is 16.3 Å². The Morgan fingerprint density at radius 2 is 1.76 bits per heavy atom. The van der Waals surface area contributed by atoms with Crippen molar-refractivity contribution in [3.05, 3.63) is 117 Å². The zero-order valence-corrected chi connectivity index (χ0v) is 38.1. The number of pyridine rings is 1. The molecule has 2 aromatic heterocycles. The number of anilines is 2. The highest BCUT2D eigenvalue weighted by Crippen LogP contribution is 2.43. The first-order valence-electron chi connectivity index (χ1n) is 21.8. The number of halogens is 1. The van der Waals surface area contributed by atoms with Gasteiger partial charge in [0.15, 0.2) is 0 Å². The number of likely N-dealkylation sites (tertiary alicyclic amines) is 1. The Bertz CT molecular complexity index is 2370. The molecule has 0 spiro atoms. The second-order valence-electron chi connectivity index (χ2n) is 17.2. The molecular formula is C48H59ClN8O4S. The predicted molar refractivity (Wildman–Crippen MR) is 254 cm³/mol. The van der Waals surface area contributed by atoms with E-state index >= 15 is 0 Å². The third-order valence-electron chi connectivity index (χ3n) is 12.2. The minimum absolute atomic E-state index is 0.0234. The molecule has 12 nitrogen and oxygen atoms in total. The lowest BCUT2D eigenvalue weighted by molar-refractivity contribution is -0.384. The van der Waals surface area contributed by atoms with Crippen LogP contribution in [0.5, 0.6) is 11.5 Å². The molecule has 8 rings (SSSR count). The van der Waals surface area contributed by atoms with Crippen LogP contribution in [0.15, 0.2) is 95.7 Å². The normalized spacial score (nSPS) is 17.4. The molecule has 3 aromatic carbocycles. The number of rotatable bonds is 13. The summed E-state index contributed by atoms with van der Waals surface area (Å²) in [5.74, 6) is 0.987. The minimum atomic E-state index is -0.380.